The van der Waals surface area contributed by atoms with Crippen LogP contribution in [0.1, 0.15) is 15.9 Å². The number of rotatable bonds is 4. The molecule has 0 atom stereocenters. The first kappa shape index (κ1) is 17.3. The number of hydrogen-bond acceptors (Lipinski definition) is 3. The summed E-state index contributed by atoms with van der Waals surface area (Å²) in [5.41, 5.74) is 3.64. The first-order chi connectivity index (χ1) is 12.1. The zero-order chi connectivity index (χ0) is 17.8. The number of amides is 1. The van der Waals surface area contributed by atoms with Crippen molar-refractivity contribution in [2.75, 3.05) is 7.11 Å². The molecule has 3 aromatic carbocycles. The van der Waals surface area contributed by atoms with Gasteiger partial charge in [-0.05, 0) is 35.7 Å². The molecule has 6 heteroatoms. The van der Waals surface area contributed by atoms with Gasteiger partial charge in [0, 0.05) is 16.0 Å². The lowest BCUT2D eigenvalue weighted by molar-refractivity contribution is 0.0955. The van der Waals surface area contributed by atoms with Crippen LogP contribution in [-0.2, 0) is 0 Å². The lowest BCUT2D eigenvalue weighted by Crippen LogP contribution is -2.18. The lowest BCUT2D eigenvalue weighted by atomic mass is 10.0. The predicted octanol–water partition coefficient (Wildman–Crippen LogP) is 4.92. The molecule has 0 heterocycles. The Balaban J connectivity index is 1.83. The van der Waals surface area contributed by atoms with Crippen molar-refractivity contribution in [1.82, 2.24) is 5.43 Å². The first-order valence-corrected chi connectivity index (χ1v) is 8.20. The number of methoxy groups -OCH3 is 1. The first-order valence-electron chi connectivity index (χ1n) is 7.44. The van der Waals surface area contributed by atoms with Gasteiger partial charge in [0.15, 0.2) is 0 Å². The number of hydrazone groups is 1. The predicted molar refractivity (Wildman–Crippen MR) is 102 cm³/mol. The van der Waals surface area contributed by atoms with E-state index >= 15 is 0 Å². The molecule has 0 aliphatic carbocycles. The molecular weight excluding hydrogens is 359 g/mol. The monoisotopic (exact) mass is 372 g/mol. The molecule has 0 fully saturated rings. The van der Waals surface area contributed by atoms with E-state index in [0.29, 0.717) is 10.6 Å². The summed E-state index contributed by atoms with van der Waals surface area (Å²) < 4.78 is 5.37. The van der Waals surface area contributed by atoms with Crippen LogP contribution in [0.4, 0.5) is 0 Å². The SMILES string of the molecule is COc1ccc(C=NNC(=O)c2ccc(Cl)cc2Cl)c2ccccc12. The molecule has 0 saturated heterocycles. The molecule has 0 aliphatic rings. The summed E-state index contributed by atoms with van der Waals surface area (Å²) in [4.78, 5) is 12.2. The van der Waals surface area contributed by atoms with E-state index in [0.717, 1.165) is 22.1 Å². The van der Waals surface area contributed by atoms with Crippen molar-refractivity contribution in [3.05, 3.63) is 75.8 Å². The fourth-order valence-electron chi connectivity index (χ4n) is 2.48. The third-order valence-electron chi connectivity index (χ3n) is 3.68. The van der Waals surface area contributed by atoms with E-state index in [1.165, 1.54) is 6.07 Å². The zero-order valence-electron chi connectivity index (χ0n) is 13.3. The van der Waals surface area contributed by atoms with E-state index in [4.69, 9.17) is 27.9 Å². The summed E-state index contributed by atoms with van der Waals surface area (Å²) >= 11 is 11.9. The Morgan fingerprint density at radius 1 is 1.08 bits per heavy atom. The molecule has 1 N–H and O–H groups in total. The van der Waals surface area contributed by atoms with Gasteiger partial charge in [0.25, 0.3) is 5.91 Å². The molecule has 0 saturated carbocycles. The van der Waals surface area contributed by atoms with Gasteiger partial charge in [-0.25, -0.2) is 5.43 Å². The van der Waals surface area contributed by atoms with E-state index in [1.54, 1.807) is 25.5 Å². The van der Waals surface area contributed by atoms with Crippen molar-refractivity contribution in [1.29, 1.82) is 0 Å². The highest BCUT2D eigenvalue weighted by atomic mass is 35.5. The van der Waals surface area contributed by atoms with Crippen LogP contribution in [0.15, 0.2) is 59.7 Å². The third kappa shape index (κ3) is 3.76. The summed E-state index contributed by atoms with van der Waals surface area (Å²) in [5.74, 6) is 0.375. The number of nitrogens with one attached hydrogen (secondary N) is 1. The lowest BCUT2D eigenvalue weighted by Gasteiger charge is -2.07. The van der Waals surface area contributed by atoms with Crippen LogP contribution >= 0.6 is 23.2 Å². The molecule has 25 heavy (non-hydrogen) atoms. The highest BCUT2D eigenvalue weighted by molar-refractivity contribution is 6.36. The maximum Gasteiger partial charge on any atom is 0.272 e. The molecule has 126 valence electrons. The molecule has 0 unspecified atom stereocenters. The molecule has 4 nitrogen and oxygen atoms in total. The van der Waals surface area contributed by atoms with Crippen LogP contribution in [0.3, 0.4) is 0 Å². The molecular formula is C19H14Cl2N2O2. The van der Waals surface area contributed by atoms with Crippen LogP contribution < -0.4 is 10.2 Å². The number of carbonyl (C=O) groups is 1. The van der Waals surface area contributed by atoms with E-state index < -0.39 is 5.91 Å². The second kappa shape index (κ2) is 7.55. The quantitative estimate of drug-likeness (QED) is 0.521. The normalized spacial score (nSPS) is 11.0. The smallest absolute Gasteiger partial charge is 0.272 e. The molecule has 0 radical (unpaired) electrons. The highest BCUT2D eigenvalue weighted by Gasteiger charge is 2.10. The van der Waals surface area contributed by atoms with Crippen molar-refractivity contribution in [2.45, 2.75) is 0 Å². The number of carbonyl (C=O) groups excluding carboxylic acids is 1. The van der Waals surface area contributed by atoms with Crippen LogP contribution in [0, 0.1) is 0 Å². The van der Waals surface area contributed by atoms with Crippen LogP contribution in [0.2, 0.25) is 10.0 Å². The van der Waals surface area contributed by atoms with Gasteiger partial charge < -0.3 is 4.74 Å². The minimum absolute atomic E-state index is 0.273. The topological polar surface area (TPSA) is 50.7 Å². The van der Waals surface area contributed by atoms with E-state index in [2.05, 4.69) is 10.5 Å². The summed E-state index contributed by atoms with van der Waals surface area (Å²) in [5, 5.41) is 6.72. The van der Waals surface area contributed by atoms with Crippen LogP contribution in [0.5, 0.6) is 5.75 Å². The van der Waals surface area contributed by atoms with Crippen molar-refractivity contribution in [2.24, 2.45) is 5.10 Å². The molecule has 0 aliphatic heterocycles. The molecule has 0 aromatic heterocycles. The van der Waals surface area contributed by atoms with Crippen molar-refractivity contribution >= 4 is 46.1 Å². The number of ether oxygens (including phenoxy) is 1. The maximum absolute atomic E-state index is 12.2. The van der Waals surface area contributed by atoms with Gasteiger partial charge in [0.1, 0.15) is 5.75 Å². The Morgan fingerprint density at radius 3 is 2.56 bits per heavy atom. The summed E-state index contributed by atoms with van der Waals surface area (Å²) in [6, 6.07) is 16.2. The number of hydrogen-bond donors (Lipinski definition) is 1. The third-order valence-corrected chi connectivity index (χ3v) is 4.23. The molecule has 0 spiro atoms. The Kier molecular flexibility index (Phi) is 5.22. The maximum atomic E-state index is 12.2. The largest absolute Gasteiger partial charge is 0.496 e. The Morgan fingerprint density at radius 2 is 1.84 bits per heavy atom. The minimum atomic E-state index is -0.407. The molecule has 3 rings (SSSR count). The van der Waals surface area contributed by atoms with Gasteiger partial charge in [-0.3, -0.25) is 4.79 Å². The van der Waals surface area contributed by atoms with Crippen LogP contribution in [0.25, 0.3) is 10.8 Å². The second-order valence-electron chi connectivity index (χ2n) is 5.23. The van der Waals surface area contributed by atoms with Crippen molar-refractivity contribution < 1.29 is 9.53 Å². The van der Waals surface area contributed by atoms with Crippen molar-refractivity contribution in [3.8, 4) is 5.75 Å². The van der Waals surface area contributed by atoms with E-state index in [1.807, 2.05) is 36.4 Å². The summed E-state index contributed by atoms with van der Waals surface area (Å²) in [6.45, 7) is 0. The average molecular weight is 373 g/mol. The van der Waals surface area contributed by atoms with Gasteiger partial charge in [-0.1, -0.05) is 47.5 Å². The zero-order valence-corrected chi connectivity index (χ0v) is 14.8. The Hall–Kier alpha value is -2.56. The van der Waals surface area contributed by atoms with Gasteiger partial charge in [0.2, 0.25) is 0 Å². The van der Waals surface area contributed by atoms with Gasteiger partial charge in [-0.15, -0.1) is 0 Å². The Bertz CT molecular complexity index is 971. The summed E-state index contributed by atoms with van der Waals surface area (Å²) in [6.07, 6.45) is 1.59. The Labute approximate surface area is 155 Å². The standard InChI is InChI=1S/C19H14Cl2N2O2/c1-25-18-9-6-12(14-4-2-3-5-15(14)18)11-22-23-19(24)16-8-7-13(20)10-17(16)21/h2-11H,1H3,(H,23,24). The molecule has 3 aromatic rings. The number of nitrogens with zero attached hydrogens (tertiary/aromatic N) is 1. The van der Waals surface area contributed by atoms with E-state index in [9.17, 15) is 4.79 Å². The van der Waals surface area contributed by atoms with Gasteiger partial charge in [0.05, 0.1) is 23.9 Å². The fraction of sp³-hybridized carbons (Fsp3) is 0.0526. The fourth-order valence-corrected chi connectivity index (χ4v) is 2.97. The number of halogens is 2. The van der Waals surface area contributed by atoms with E-state index in [-0.39, 0.29) is 5.02 Å². The van der Waals surface area contributed by atoms with Gasteiger partial charge >= 0.3 is 0 Å². The highest BCUT2D eigenvalue weighted by Crippen LogP contribution is 2.27. The summed E-state index contributed by atoms with van der Waals surface area (Å²) in [7, 11) is 1.63. The van der Waals surface area contributed by atoms with Crippen LogP contribution in [-0.4, -0.2) is 19.2 Å². The number of fused-ring (bicyclic) bond motifs is 1. The van der Waals surface area contributed by atoms with Gasteiger partial charge in [-0.2, -0.15) is 5.10 Å². The average Bonchev–Trinajstić information content (AvgIpc) is 2.61. The molecule has 1 amide bonds. The number of benzene rings is 3. The molecule has 0 bridgehead atoms. The minimum Gasteiger partial charge on any atom is -0.496 e. The van der Waals surface area contributed by atoms with Crippen molar-refractivity contribution in [3.63, 3.8) is 0 Å². The second-order valence-corrected chi connectivity index (χ2v) is 6.07.